The fraction of sp³-hybridized carbons (Fsp3) is 0.533. The highest BCUT2D eigenvalue weighted by Gasteiger charge is 2.32. The molecule has 2 heterocycles. The molecule has 0 bridgehead atoms. The second kappa shape index (κ2) is 5.21. The van der Waals surface area contributed by atoms with Gasteiger partial charge in [-0.05, 0) is 38.4 Å². The lowest BCUT2D eigenvalue weighted by Gasteiger charge is -2.36. The zero-order chi connectivity index (χ0) is 13.2. The molecule has 3 rings (SSSR count). The molecule has 2 unspecified atom stereocenters. The molecule has 4 heteroatoms. The number of hydrogen-bond acceptors (Lipinski definition) is 3. The van der Waals surface area contributed by atoms with Crippen molar-refractivity contribution in [3.8, 4) is 5.75 Å². The van der Waals surface area contributed by atoms with Gasteiger partial charge in [-0.25, -0.2) is 0 Å². The van der Waals surface area contributed by atoms with E-state index in [4.69, 9.17) is 4.74 Å². The van der Waals surface area contributed by atoms with Crippen molar-refractivity contribution in [3.63, 3.8) is 0 Å². The molecule has 1 fully saturated rings. The van der Waals surface area contributed by atoms with E-state index in [0.29, 0.717) is 6.04 Å². The van der Waals surface area contributed by atoms with Crippen LogP contribution in [0.3, 0.4) is 0 Å². The molecule has 2 atom stereocenters. The fourth-order valence-corrected chi connectivity index (χ4v) is 2.85. The van der Waals surface area contributed by atoms with Gasteiger partial charge in [-0.15, -0.1) is 0 Å². The van der Waals surface area contributed by atoms with Crippen molar-refractivity contribution in [1.82, 2.24) is 5.32 Å². The summed E-state index contributed by atoms with van der Waals surface area (Å²) in [5.74, 6) is 0.872. The number of hydrogen-bond donors (Lipinski definition) is 1. The molecule has 102 valence electrons. The van der Waals surface area contributed by atoms with Crippen molar-refractivity contribution < 1.29 is 9.53 Å². The van der Waals surface area contributed by atoms with E-state index in [-0.39, 0.29) is 5.91 Å². The number of carbonyl (C=O) groups is 1. The van der Waals surface area contributed by atoms with Gasteiger partial charge in [0.25, 0.3) is 5.91 Å². The van der Waals surface area contributed by atoms with Gasteiger partial charge in [0.15, 0.2) is 6.10 Å². The van der Waals surface area contributed by atoms with Crippen molar-refractivity contribution in [1.29, 1.82) is 0 Å². The second-order valence-electron chi connectivity index (χ2n) is 5.32. The molecule has 1 aromatic carbocycles. The predicted molar refractivity (Wildman–Crippen MR) is 74.5 cm³/mol. The van der Waals surface area contributed by atoms with Crippen molar-refractivity contribution >= 4 is 11.6 Å². The van der Waals surface area contributed by atoms with E-state index in [1.165, 1.54) is 12.8 Å². The van der Waals surface area contributed by atoms with Crippen molar-refractivity contribution in [2.24, 2.45) is 0 Å². The smallest absolute Gasteiger partial charge is 0.267 e. The molecular weight excluding hydrogens is 240 g/mol. The molecule has 1 aromatic rings. The van der Waals surface area contributed by atoms with Crippen LogP contribution in [-0.4, -0.2) is 31.1 Å². The Morgan fingerprint density at radius 2 is 2.21 bits per heavy atom. The van der Waals surface area contributed by atoms with E-state index in [9.17, 15) is 4.79 Å². The standard InChI is InChI=1S/C15H20N2O2/c1-11-15(18)17(10-12-6-4-5-9-16-12)13-7-2-3-8-14(13)19-11/h2-3,7-8,11-12,16H,4-6,9-10H2,1H3. The van der Waals surface area contributed by atoms with Gasteiger partial charge in [0, 0.05) is 12.6 Å². The number of anilines is 1. The SMILES string of the molecule is CC1Oc2ccccc2N(CC2CCCCN2)C1=O. The summed E-state index contributed by atoms with van der Waals surface area (Å²) in [6.07, 6.45) is 3.23. The molecule has 1 N–H and O–H groups in total. The first-order valence-corrected chi connectivity index (χ1v) is 7.06. The number of ether oxygens (including phenoxy) is 1. The Morgan fingerprint density at radius 1 is 1.37 bits per heavy atom. The van der Waals surface area contributed by atoms with Crippen LogP contribution in [0.4, 0.5) is 5.69 Å². The van der Waals surface area contributed by atoms with Gasteiger partial charge < -0.3 is 15.0 Å². The highest BCUT2D eigenvalue weighted by Crippen LogP contribution is 2.33. The van der Waals surface area contributed by atoms with Crippen LogP contribution >= 0.6 is 0 Å². The van der Waals surface area contributed by atoms with Gasteiger partial charge in [-0.2, -0.15) is 0 Å². The average Bonchev–Trinajstić information content (AvgIpc) is 2.45. The van der Waals surface area contributed by atoms with Crippen molar-refractivity contribution in [2.45, 2.75) is 38.3 Å². The third kappa shape index (κ3) is 2.45. The summed E-state index contributed by atoms with van der Waals surface area (Å²) >= 11 is 0. The molecule has 1 saturated heterocycles. The second-order valence-corrected chi connectivity index (χ2v) is 5.32. The minimum Gasteiger partial charge on any atom is -0.479 e. The minimum atomic E-state index is -0.390. The van der Waals surface area contributed by atoms with Gasteiger partial charge in [0.1, 0.15) is 5.75 Å². The van der Waals surface area contributed by atoms with E-state index in [2.05, 4.69) is 5.32 Å². The van der Waals surface area contributed by atoms with Gasteiger partial charge >= 0.3 is 0 Å². The monoisotopic (exact) mass is 260 g/mol. The van der Waals surface area contributed by atoms with Crippen LogP contribution in [0, 0.1) is 0 Å². The minimum absolute atomic E-state index is 0.0612. The quantitative estimate of drug-likeness (QED) is 0.883. The first kappa shape index (κ1) is 12.5. The van der Waals surface area contributed by atoms with Crippen LogP contribution < -0.4 is 15.0 Å². The van der Waals surface area contributed by atoms with Crippen LogP contribution in [0.2, 0.25) is 0 Å². The zero-order valence-corrected chi connectivity index (χ0v) is 11.3. The van der Waals surface area contributed by atoms with E-state index < -0.39 is 6.10 Å². The lowest BCUT2D eigenvalue weighted by molar-refractivity contribution is -0.125. The fourth-order valence-electron chi connectivity index (χ4n) is 2.85. The van der Waals surface area contributed by atoms with E-state index in [1.54, 1.807) is 0 Å². The molecule has 4 nitrogen and oxygen atoms in total. The molecule has 0 spiro atoms. The number of amides is 1. The highest BCUT2D eigenvalue weighted by molar-refractivity contribution is 5.99. The topological polar surface area (TPSA) is 41.6 Å². The van der Waals surface area contributed by atoms with Crippen LogP contribution in [0.1, 0.15) is 26.2 Å². The Kier molecular flexibility index (Phi) is 3.42. The van der Waals surface area contributed by atoms with Crippen LogP contribution in [-0.2, 0) is 4.79 Å². The van der Waals surface area contributed by atoms with Gasteiger partial charge in [0.05, 0.1) is 5.69 Å². The maximum absolute atomic E-state index is 12.3. The predicted octanol–water partition coefficient (Wildman–Crippen LogP) is 1.94. The van der Waals surface area contributed by atoms with Crippen LogP contribution in [0.5, 0.6) is 5.75 Å². The van der Waals surface area contributed by atoms with E-state index in [1.807, 2.05) is 36.1 Å². The molecule has 2 aliphatic heterocycles. The molecule has 0 radical (unpaired) electrons. The summed E-state index contributed by atoms with van der Waals surface area (Å²) in [5, 5.41) is 3.50. The third-order valence-electron chi connectivity index (χ3n) is 3.89. The summed E-state index contributed by atoms with van der Waals surface area (Å²) in [6.45, 7) is 3.61. The van der Waals surface area contributed by atoms with Crippen molar-refractivity contribution in [2.75, 3.05) is 18.0 Å². The summed E-state index contributed by atoms with van der Waals surface area (Å²) in [7, 11) is 0. The molecule has 0 aliphatic carbocycles. The maximum atomic E-state index is 12.3. The number of para-hydroxylation sites is 2. The largest absolute Gasteiger partial charge is 0.479 e. The van der Waals surface area contributed by atoms with Crippen molar-refractivity contribution in [3.05, 3.63) is 24.3 Å². The summed E-state index contributed by atoms with van der Waals surface area (Å²) in [4.78, 5) is 14.2. The first-order valence-electron chi connectivity index (χ1n) is 7.06. The summed E-state index contributed by atoms with van der Waals surface area (Å²) in [5.41, 5.74) is 0.901. The Labute approximate surface area is 113 Å². The van der Waals surface area contributed by atoms with Crippen LogP contribution in [0.25, 0.3) is 0 Å². The number of rotatable bonds is 2. The van der Waals surface area contributed by atoms with Crippen LogP contribution in [0.15, 0.2) is 24.3 Å². The maximum Gasteiger partial charge on any atom is 0.267 e. The molecule has 0 saturated carbocycles. The number of nitrogens with zero attached hydrogens (tertiary/aromatic N) is 1. The van der Waals surface area contributed by atoms with Gasteiger partial charge in [0.2, 0.25) is 0 Å². The highest BCUT2D eigenvalue weighted by atomic mass is 16.5. The lowest BCUT2D eigenvalue weighted by Crippen LogP contribution is -2.51. The van der Waals surface area contributed by atoms with E-state index >= 15 is 0 Å². The number of carbonyl (C=O) groups excluding carboxylic acids is 1. The Bertz CT molecular complexity index is 469. The number of benzene rings is 1. The molecule has 0 aromatic heterocycles. The van der Waals surface area contributed by atoms with Gasteiger partial charge in [-0.3, -0.25) is 4.79 Å². The number of piperidine rings is 1. The first-order chi connectivity index (χ1) is 9.25. The van der Waals surface area contributed by atoms with E-state index in [0.717, 1.165) is 30.9 Å². The lowest BCUT2D eigenvalue weighted by atomic mass is 10.0. The third-order valence-corrected chi connectivity index (χ3v) is 3.89. The summed E-state index contributed by atoms with van der Waals surface area (Å²) < 4.78 is 5.65. The van der Waals surface area contributed by atoms with Gasteiger partial charge in [-0.1, -0.05) is 18.6 Å². The number of fused-ring (bicyclic) bond motifs is 1. The molecular formula is C15H20N2O2. The Balaban J connectivity index is 1.83. The summed E-state index contributed by atoms with van der Waals surface area (Å²) in [6, 6.07) is 8.18. The average molecular weight is 260 g/mol. The number of nitrogens with one attached hydrogen (secondary N) is 1. The molecule has 2 aliphatic rings. The zero-order valence-electron chi connectivity index (χ0n) is 11.3. The molecule has 1 amide bonds. The Morgan fingerprint density at radius 3 is 3.00 bits per heavy atom. The normalized spacial score (nSPS) is 26.8. The molecule has 19 heavy (non-hydrogen) atoms. The Hall–Kier alpha value is -1.55.